The molecule has 2 amide bonds. The van der Waals surface area contributed by atoms with Crippen molar-refractivity contribution >= 4 is 17.5 Å². The third-order valence-corrected chi connectivity index (χ3v) is 5.50. The Balaban J connectivity index is 1.32. The molecule has 7 nitrogen and oxygen atoms in total. The van der Waals surface area contributed by atoms with Gasteiger partial charge in [0.05, 0.1) is 17.9 Å². The van der Waals surface area contributed by atoms with E-state index in [1.165, 1.54) is 6.26 Å². The molecule has 2 aromatic carbocycles. The number of amides is 2. The summed E-state index contributed by atoms with van der Waals surface area (Å²) < 4.78 is 5.09. The molecular weight excluding hydrogens is 404 g/mol. The molecule has 1 saturated heterocycles. The zero-order valence-electron chi connectivity index (χ0n) is 17.7. The fourth-order valence-corrected chi connectivity index (χ4v) is 3.75. The van der Waals surface area contributed by atoms with E-state index >= 15 is 0 Å². The molecule has 1 aromatic heterocycles. The van der Waals surface area contributed by atoms with Crippen molar-refractivity contribution in [3.05, 3.63) is 89.4 Å². The molecule has 162 valence electrons. The van der Waals surface area contributed by atoms with Gasteiger partial charge in [0.15, 0.2) is 5.76 Å². The van der Waals surface area contributed by atoms with Crippen molar-refractivity contribution in [3.63, 3.8) is 0 Å². The van der Waals surface area contributed by atoms with E-state index in [0.29, 0.717) is 29.9 Å². The SMILES string of the molecule is N#Cc1ccc(CN2CCCN(C(=O)c3ccc(NC(=O)c4ccco4)cc3)CC2)cc1. The number of nitrogens with zero attached hydrogens (tertiary/aromatic N) is 3. The monoisotopic (exact) mass is 428 g/mol. The lowest BCUT2D eigenvalue weighted by Gasteiger charge is -2.22. The zero-order chi connectivity index (χ0) is 22.3. The quantitative estimate of drug-likeness (QED) is 0.669. The number of benzene rings is 2. The molecule has 2 heterocycles. The molecule has 0 unspecified atom stereocenters. The minimum Gasteiger partial charge on any atom is -0.459 e. The van der Waals surface area contributed by atoms with Crippen LogP contribution in [0.25, 0.3) is 0 Å². The first kappa shape index (κ1) is 21.3. The van der Waals surface area contributed by atoms with Crippen LogP contribution in [0.1, 0.15) is 38.5 Å². The molecule has 0 spiro atoms. The second-order valence-corrected chi connectivity index (χ2v) is 7.74. The summed E-state index contributed by atoms with van der Waals surface area (Å²) in [5.74, 6) is -0.0987. The molecule has 1 aliphatic rings. The van der Waals surface area contributed by atoms with Gasteiger partial charge in [0, 0.05) is 44.0 Å². The Hall–Kier alpha value is -3.89. The van der Waals surface area contributed by atoms with E-state index < -0.39 is 0 Å². The van der Waals surface area contributed by atoms with E-state index in [-0.39, 0.29) is 17.6 Å². The zero-order valence-corrected chi connectivity index (χ0v) is 17.7. The Morgan fingerprint density at radius 3 is 2.44 bits per heavy atom. The predicted molar refractivity (Wildman–Crippen MR) is 120 cm³/mol. The molecular formula is C25H24N4O3. The summed E-state index contributed by atoms with van der Waals surface area (Å²) in [4.78, 5) is 29.3. The highest BCUT2D eigenvalue weighted by Gasteiger charge is 2.20. The number of hydrogen-bond acceptors (Lipinski definition) is 5. The van der Waals surface area contributed by atoms with Crippen molar-refractivity contribution in [3.8, 4) is 6.07 Å². The van der Waals surface area contributed by atoms with Crippen LogP contribution in [0, 0.1) is 11.3 Å². The lowest BCUT2D eigenvalue weighted by molar-refractivity contribution is 0.0761. The smallest absolute Gasteiger partial charge is 0.291 e. The second kappa shape index (κ2) is 9.94. The van der Waals surface area contributed by atoms with Gasteiger partial charge in [-0.05, 0) is 60.5 Å². The number of nitrogens with one attached hydrogen (secondary N) is 1. The van der Waals surface area contributed by atoms with Crippen LogP contribution < -0.4 is 5.32 Å². The molecule has 0 atom stereocenters. The molecule has 0 bridgehead atoms. The van der Waals surface area contributed by atoms with Gasteiger partial charge in [-0.3, -0.25) is 14.5 Å². The number of carbonyl (C=O) groups is 2. The maximum Gasteiger partial charge on any atom is 0.291 e. The van der Waals surface area contributed by atoms with Gasteiger partial charge in [-0.2, -0.15) is 5.26 Å². The maximum absolute atomic E-state index is 13.0. The Morgan fingerprint density at radius 1 is 0.969 bits per heavy atom. The third-order valence-electron chi connectivity index (χ3n) is 5.50. The summed E-state index contributed by atoms with van der Waals surface area (Å²) in [5, 5.41) is 11.7. The van der Waals surface area contributed by atoms with Crippen LogP contribution in [-0.2, 0) is 6.54 Å². The van der Waals surface area contributed by atoms with Gasteiger partial charge in [0.2, 0.25) is 0 Å². The van der Waals surface area contributed by atoms with Crippen molar-refractivity contribution in [2.24, 2.45) is 0 Å². The Labute approximate surface area is 186 Å². The first-order chi connectivity index (χ1) is 15.6. The lowest BCUT2D eigenvalue weighted by Crippen LogP contribution is -2.35. The second-order valence-electron chi connectivity index (χ2n) is 7.74. The molecule has 0 aliphatic carbocycles. The minimum atomic E-state index is -0.330. The van der Waals surface area contributed by atoms with Gasteiger partial charge in [-0.25, -0.2) is 0 Å². The predicted octanol–water partition coefficient (Wildman–Crippen LogP) is 3.75. The van der Waals surface area contributed by atoms with Crippen molar-refractivity contribution < 1.29 is 14.0 Å². The number of hydrogen-bond donors (Lipinski definition) is 1. The summed E-state index contributed by atoms with van der Waals surface area (Å²) in [5.41, 5.74) is 3.03. The summed E-state index contributed by atoms with van der Waals surface area (Å²) in [6.45, 7) is 3.88. The molecule has 0 radical (unpaired) electrons. The number of rotatable bonds is 5. The van der Waals surface area contributed by atoms with Gasteiger partial charge in [0.25, 0.3) is 11.8 Å². The number of carbonyl (C=O) groups excluding carboxylic acids is 2. The summed E-state index contributed by atoms with van der Waals surface area (Å²) in [6.07, 6.45) is 2.35. The molecule has 7 heteroatoms. The van der Waals surface area contributed by atoms with Crippen LogP contribution in [0.5, 0.6) is 0 Å². The largest absolute Gasteiger partial charge is 0.459 e. The average Bonchev–Trinajstić information content (AvgIpc) is 3.27. The van der Waals surface area contributed by atoms with E-state index in [2.05, 4.69) is 16.3 Å². The number of furan rings is 1. The van der Waals surface area contributed by atoms with Crippen LogP contribution in [0.2, 0.25) is 0 Å². The van der Waals surface area contributed by atoms with Crippen molar-refractivity contribution in [1.82, 2.24) is 9.80 Å². The maximum atomic E-state index is 13.0. The fourth-order valence-electron chi connectivity index (χ4n) is 3.75. The molecule has 4 rings (SSSR count). The van der Waals surface area contributed by atoms with Crippen molar-refractivity contribution in [2.75, 3.05) is 31.5 Å². The van der Waals surface area contributed by atoms with Crippen LogP contribution >= 0.6 is 0 Å². The number of nitriles is 1. The van der Waals surface area contributed by atoms with Gasteiger partial charge < -0.3 is 14.6 Å². The average molecular weight is 428 g/mol. The first-order valence-electron chi connectivity index (χ1n) is 10.6. The molecule has 0 saturated carbocycles. The normalized spacial score (nSPS) is 14.4. The van der Waals surface area contributed by atoms with Crippen molar-refractivity contribution in [2.45, 2.75) is 13.0 Å². The Bertz CT molecular complexity index is 1100. The first-order valence-corrected chi connectivity index (χ1v) is 10.6. The third kappa shape index (κ3) is 5.23. The molecule has 1 aliphatic heterocycles. The Morgan fingerprint density at radius 2 is 1.75 bits per heavy atom. The van der Waals surface area contributed by atoms with Crippen LogP contribution in [0.3, 0.4) is 0 Å². The van der Waals surface area contributed by atoms with Gasteiger partial charge in [0.1, 0.15) is 0 Å². The highest BCUT2D eigenvalue weighted by atomic mass is 16.3. The topological polar surface area (TPSA) is 89.6 Å². The van der Waals surface area contributed by atoms with E-state index in [1.807, 2.05) is 29.2 Å². The van der Waals surface area contributed by atoms with E-state index in [9.17, 15) is 9.59 Å². The van der Waals surface area contributed by atoms with Gasteiger partial charge in [-0.1, -0.05) is 12.1 Å². The van der Waals surface area contributed by atoms with Gasteiger partial charge in [-0.15, -0.1) is 0 Å². The molecule has 3 aromatic rings. The number of anilines is 1. The Kier molecular flexibility index (Phi) is 6.63. The van der Waals surface area contributed by atoms with E-state index in [1.54, 1.807) is 36.4 Å². The van der Waals surface area contributed by atoms with Crippen LogP contribution in [-0.4, -0.2) is 47.8 Å². The summed E-state index contributed by atoms with van der Waals surface area (Å²) >= 11 is 0. The van der Waals surface area contributed by atoms with Crippen LogP contribution in [0.4, 0.5) is 5.69 Å². The summed E-state index contributed by atoms with van der Waals surface area (Å²) in [6, 6.07) is 20.0. The fraction of sp³-hybridized carbons (Fsp3) is 0.240. The lowest BCUT2D eigenvalue weighted by atomic mass is 10.1. The van der Waals surface area contributed by atoms with E-state index in [0.717, 1.165) is 31.6 Å². The molecule has 1 N–H and O–H groups in total. The van der Waals surface area contributed by atoms with Crippen molar-refractivity contribution in [1.29, 1.82) is 5.26 Å². The minimum absolute atomic E-state index is 0.00543. The van der Waals surface area contributed by atoms with Gasteiger partial charge >= 0.3 is 0 Å². The highest BCUT2D eigenvalue weighted by molar-refractivity contribution is 6.02. The highest BCUT2D eigenvalue weighted by Crippen LogP contribution is 2.16. The molecule has 1 fully saturated rings. The van der Waals surface area contributed by atoms with E-state index in [4.69, 9.17) is 9.68 Å². The summed E-state index contributed by atoms with van der Waals surface area (Å²) in [7, 11) is 0. The standard InChI is InChI=1S/C25H24N4O3/c26-17-19-4-6-20(7-5-19)18-28-12-2-13-29(15-14-28)25(31)21-8-10-22(11-9-21)27-24(30)23-3-1-16-32-23/h1,3-11,16H,2,12-15,18H2,(H,27,30). The van der Waals surface area contributed by atoms with Crippen LogP contribution in [0.15, 0.2) is 71.3 Å². The molecule has 32 heavy (non-hydrogen) atoms.